The maximum atomic E-state index is 12.2. The molecule has 6 nitrogen and oxygen atoms in total. The average Bonchev–Trinajstić information content (AvgIpc) is 0.725. The van der Waals surface area contributed by atoms with Crippen molar-refractivity contribution in [2.75, 3.05) is 0 Å². The number of fused-ring (bicyclic) bond motifs is 10. The van der Waals surface area contributed by atoms with E-state index in [4.69, 9.17) is 22.2 Å². The monoisotopic (exact) mass is 1370 g/mol. The molecule has 0 bridgehead atoms. The molecule has 2 aliphatic heterocycles. The van der Waals surface area contributed by atoms with Crippen LogP contribution in [0.1, 0.15) is 181 Å². The Morgan fingerprint density at radius 1 is 0.506 bits per heavy atom. The summed E-state index contributed by atoms with van der Waals surface area (Å²) in [5.41, 5.74) is 9.49. The zero-order chi connectivity index (χ0) is 65.4. The maximum absolute atomic E-state index is 12.2. The minimum absolute atomic E-state index is 0. The maximum Gasteiger partial charge on any atom is 0.164 e. The van der Waals surface area contributed by atoms with Crippen LogP contribution >= 0.6 is 0 Å². The van der Waals surface area contributed by atoms with Gasteiger partial charge in [-0.3, -0.25) is 14.8 Å². The number of nitrogens with zero attached hydrogens (tertiary/aromatic N) is 2. The van der Waals surface area contributed by atoms with Crippen molar-refractivity contribution < 1.29 is 42.2 Å². The fraction of sp³-hybridized carbons (Fsp3) is 0.402. The number of ketones is 1. The summed E-state index contributed by atoms with van der Waals surface area (Å²) in [6.45, 7) is 41.4. The van der Waals surface area contributed by atoms with Crippen LogP contribution < -0.4 is 9.47 Å². The Balaban J connectivity index is 0.000000172. The molecule has 0 aliphatic carbocycles. The third kappa shape index (κ3) is 13.9. The summed E-state index contributed by atoms with van der Waals surface area (Å²) in [5, 5.41) is 23.1. The number of ether oxygens (including phenoxy) is 2. The predicted octanol–water partition coefficient (Wildman–Crippen LogP) is 23.5. The van der Waals surface area contributed by atoms with Crippen molar-refractivity contribution in [1.82, 2.24) is 9.97 Å². The van der Waals surface area contributed by atoms with Gasteiger partial charge in [-0.15, -0.1) is 35.0 Å². The van der Waals surface area contributed by atoms with E-state index < -0.39 is 0 Å². The van der Waals surface area contributed by atoms with Gasteiger partial charge in [0.15, 0.2) is 5.78 Å². The van der Waals surface area contributed by atoms with Gasteiger partial charge < -0.3 is 14.6 Å². The van der Waals surface area contributed by atoms with Gasteiger partial charge in [0.2, 0.25) is 0 Å². The summed E-state index contributed by atoms with van der Waals surface area (Å²) in [6.07, 6.45) is 9.02. The summed E-state index contributed by atoms with van der Waals surface area (Å²) >= 11 is 0. The molecule has 0 spiro atoms. The normalized spacial score (nSPS) is 13.6. The van der Waals surface area contributed by atoms with Crippen molar-refractivity contribution in [3.05, 3.63) is 167 Å². The summed E-state index contributed by atoms with van der Waals surface area (Å²) in [6, 6.07) is 43.7. The number of carbonyl (C=O) groups is 1. The molecule has 0 saturated carbocycles. The SMILES string of the molecule is CCC(C)(CC)C(=O)/C=C(\O)C(C)(CC)CC.[2H]c1cc2c3c(cc4cc(CC(C)(C)C)ccc42)Oc2c([c-]c4cc(C)ccc4c2CC(C)(C)C)-c3n1.[2H]c1cc2c3c(cc4cc(CC(C)(C)C)ccc42)Oc2c([c-]c4ccccc4c2CC(C)(C)C)-c3n1.[Ir]. The molecule has 8 aromatic carbocycles. The number of rotatable bonds is 11. The molecule has 2 aliphatic rings. The predicted molar refractivity (Wildman–Crippen MR) is 373 cm³/mol. The van der Waals surface area contributed by atoms with Gasteiger partial charge in [-0.05, 0) is 148 Å². The Labute approximate surface area is 547 Å². The molecule has 10 aromatic rings. The van der Waals surface area contributed by atoms with E-state index in [1.54, 1.807) is 0 Å². The number of aliphatic hydroxyl groups is 1. The zero-order valence-corrected chi connectivity index (χ0v) is 58.8. The Morgan fingerprint density at radius 3 is 1.36 bits per heavy atom. The van der Waals surface area contributed by atoms with Gasteiger partial charge in [0.25, 0.3) is 0 Å². The van der Waals surface area contributed by atoms with E-state index in [-0.39, 0.29) is 76.5 Å². The van der Waals surface area contributed by atoms with Crippen LogP contribution in [-0.2, 0) is 50.6 Å². The first kappa shape index (κ1) is 63.6. The number of allylic oxidation sites excluding steroid dienone is 2. The van der Waals surface area contributed by atoms with Crippen LogP contribution in [0.2, 0.25) is 0 Å². The first-order valence-corrected chi connectivity index (χ1v) is 32.1. The van der Waals surface area contributed by atoms with Crippen LogP contribution in [0.3, 0.4) is 0 Å². The summed E-state index contributed by atoms with van der Waals surface area (Å²) in [7, 11) is 0. The van der Waals surface area contributed by atoms with Crippen molar-refractivity contribution in [3.63, 3.8) is 0 Å². The van der Waals surface area contributed by atoms with Crippen molar-refractivity contribution in [3.8, 4) is 45.5 Å². The number of pyridine rings is 2. The second-order valence-corrected chi connectivity index (χ2v) is 30.7. The Kier molecular flexibility index (Phi) is 17.9. The molecule has 7 heteroatoms. The number of aromatic nitrogens is 2. The number of hydrogen-bond acceptors (Lipinski definition) is 6. The largest absolute Gasteiger partial charge is 0.512 e. The molecule has 4 heterocycles. The van der Waals surface area contributed by atoms with E-state index in [0.29, 0.717) is 0 Å². The van der Waals surface area contributed by atoms with Crippen molar-refractivity contribution in [2.24, 2.45) is 32.5 Å². The van der Waals surface area contributed by atoms with E-state index in [1.807, 2.05) is 53.7 Å². The Hall–Kier alpha value is -6.92. The van der Waals surface area contributed by atoms with E-state index >= 15 is 0 Å². The van der Waals surface area contributed by atoms with Crippen LogP contribution in [0.15, 0.2) is 127 Å². The molecule has 12 rings (SSSR count). The van der Waals surface area contributed by atoms with Crippen LogP contribution in [0.4, 0.5) is 0 Å². The number of aryl methyl sites for hydroxylation is 1. The molecule has 0 atom stereocenters. The fourth-order valence-corrected chi connectivity index (χ4v) is 12.8. The summed E-state index contributed by atoms with van der Waals surface area (Å²) < 4.78 is 30.8. The van der Waals surface area contributed by atoms with Gasteiger partial charge in [-0.25, -0.2) is 0 Å². The van der Waals surface area contributed by atoms with E-state index in [0.717, 1.165) is 151 Å². The molecule has 1 N–H and O–H groups in total. The second-order valence-electron chi connectivity index (χ2n) is 30.7. The van der Waals surface area contributed by atoms with Crippen LogP contribution in [0.5, 0.6) is 23.0 Å². The van der Waals surface area contributed by atoms with Gasteiger partial charge >= 0.3 is 0 Å². The van der Waals surface area contributed by atoms with Crippen LogP contribution in [0.25, 0.3) is 87.1 Å². The molecule has 0 fully saturated rings. The molecule has 1 radical (unpaired) electrons. The molecular formula is C82H94IrN2O4-2. The molecular weight excluding hydrogens is 1270 g/mol. The second kappa shape index (κ2) is 25.0. The Morgan fingerprint density at radius 2 is 0.921 bits per heavy atom. The van der Waals surface area contributed by atoms with Gasteiger partial charge in [0.05, 0.1) is 14.2 Å². The quantitative estimate of drug-likeness (QED) is 0.0601. The Bertz CT molecular complexity index is 4500. The van der Waals surface area contributed by atoms with Crippen LogP contribution in [-0.4, -0.2) is 20.9 Å². The molecule has 2 aromatic heterocycles. The van der Waals surface area contributed by atoms with Crippen molar-refractivity contribution >= 4 is 70.4 Å². The van der Waals surface area contributed by atoms with Gasteiger partial charge in [0.1, 0.15) is 17.3 Å². The van der Waals surface area contributed by atoms with Gasteiger partial charge in [-0.2, -0.15) is 0 Å². The molecule has 89 heavy (non-hydrogen) atoms. The molecule has 467 valence electrons. The van der Waals surface area contributed by atoms with Crippen LogP contribution in [0, 0.1) is 51.5 Å². The van der Waals surface area contributed by atoms with Gasteiger partial charge in [-0.1, -0.05) is 230 Å². The minimum Gasteiger partial charge on any atom is -0.512 e. The van der Waals surface area contributed by atoms with E-state index in [2.05, 4.69) is 193 Å². The molecule has 0 amide bonds. The number of hydrogen-bond donors (Lipinski definition) is 1. The summed E-state index contributed by atoms with van der Waals surface area (Å²) in [4.78, 5) is 21.7. The number of benzene rings is 8. The third-order valence-corrected chi connectivity index (χ3v) is 18.3. The van der Waals surface area contributed by atoms with E-state index in [9.17, 15) is 9.90 Å². The fourth-order valence-electron chi connectivity index (χ4n) is 12.8. The minimum atomic E-state index is -0.337. The molecule has 0 unspecified atom stereocenters. The summed E-state index contributed by atoms with van der Waals surface area (Å²) in [5.74, 6) is 3.59. The smallest absolute Gasteiger partial charge is 0.164 e. The van der Waals surface area contributed by atoms with Gasteiger partial charge in [0, 0.05) is 71.5 Å². The number of carbonyl (C=O) groups excluding carboxylic acids is 1. The third-order valence-electron chi connectivity index (χ3n) is 18.3. The first-order chi connectivity index (χ1) is 42.1. The number of aliphatic hydroxyl groups excluding tert-OH is 1. The van der Waals surface area contributed by atoms with E-state index in [1.165, 1.54) is 44.7 Å². The zero-order valence-electron chi connectivity index (χ0n) is 58.4. The first-order valence-electron chi connectivity index (χ1n) is 33.1. The topological polar surface area (TPSA) is 81.5 Å². The van der Waals surface area contributed by atoms with Crippen molar-refractivity contribution in [1.29, 1.82) is 0 Å². The van der Waals surface area contributed by atoms with Crippen molar-refractivity contribution in [2.45, 2.75) is 183 Å². The average molecular weight is 1370 g/mol. The standard InChI is InChI=1S/C34H34NO.C33H32NO.C15H28O2.Ir/c1-20-8-10-25-22(14-20)16-27-31-30-26(12-13-35-31)24-11-9-21(18-33(2,3)4)15-23(24)17-29(30)36-32(27)28(25)19-34(5,6)7;1-32(2,3)18-20-11-12-24-22(15-20)17-28-29-25(24)13-14-34-30(29)26-16-21-9-7-8-10-23(21)27(31(26)35-28)19-33(4,5)6;1-7-14(5,8-2)12(16)11-13(17)15(6,9-3)10-4;/h8-15,17H,18-19H2,1-7H3;7-15,17H,18-19H2,1-6H3;11,16H,7-10H2,1-6H3;/q2*-1;;/b;;12-11-;/i13D;14D;;. The molecule has 0 saturated heterocycles.